The van der Waals surface area contributed by atoms with Gasteiger partial charge in [-0.2, -0.15) is 0 Å². The van der Waals surface area contributed by atoms with E-state index >= 15 is 4.39 Å². The molecule has 1 amide bonds. The predicted octanol–water partition coefficient (Wildman–Crippen LogP) is 7.95. The maximum absolute atomic E-state index is 15.0. The van der Waals surface area contributed by atoms with Gasteiger partial charge in [0.2, 0.25) is 5.91 Å². The third kappa shape index (κ3) is 8.61. The number of hydrogen-bond donors (Lipinski definition) is 2. The Hall–Kier alpha value is -3.36. The van der Waals surface area contributed by atoms with E-state index in [1.807, 2.05) is 12.3 Å². The number of fused-ring (bicyclic) bond motifs is 1. The monoisotopic (exact) mass is 608 g/mol. The quantitative estimate of drug-likeness (QED) is 0.191. The molecular weight excluding hydrogens is 567 g/mol. The fourth-order valence-electron chi connectivity index (χ4n) is 5.56. The van der Waals surface area contributed by atoms with Crippen molar-refractivity contribution in [2.24, 2.45) is 0 Å². The van der Waals surface area contributed by atoms with E-state index in [0.29, 0.717) is 24.1 Å². The van der Waals surface area contributed by atoms with Gasteiger partial charge in [-0.05, 0) is 73.7 Å². The first-order chi connectivity index (χ1) is 20.8. The fourth-order valence-corrected chi connectivity index (χ4v) is 5.76. The van der Waals surface area contributed by atoms with Crippen molar-refractivity contribution in [2.45, 2.75) is 89.5 Å². The molecule has 1 aromatic carbocycles. The average molecular weight is 609 g/mol. The molecule has 0 radical (unpaired) electrons. The zero-order chi connectivity index (χ0) is 30.8. The minimum absolute atomic E-state index is 0.00145. The van der Waals surface area contributed by atoms with Crippen molar-refractivity contribution in [2.75, 3.05) is 18.5 Å². The second kappa shape index (κ2) is 15.4. The molecule has 0 saturated heterocycles. The smallest absolute Gasteiger partial charge is 0.356 e. The van der Waals surface area contributed by atoms with Gasteiger partial charge in [-0.1, -0.05) is 63.5 Å². The summed E-state index contributed by atoms with van der Waals surface area (Å²) in [6.45, 7) is 3.28. The van der Waals surface area contributed by atoms with Crippen LogP contribution in [0.3, 0.4) is 0 Å². The molecule has 2 aliphatic rings. The van der Waals surface area contributed by atoms with Crippen LogP contribution in [-0.2, 0) is 16.8 Å². The molecule has 0 bridgehead atoms. The summed E-state index contributed by atoms with van der Waals surface area (Å²) >= 11 is 5.48. The second-order valence-electron chi connectivity index (χ2n) is 11.5. The van der Waals surface area contributed by atoms with E-state index in [1.54, 1.807) is 24.2 Å². The molecule has 9 heteroatoms. The third-order valence-electron chi connectivity index (χ3n) is 8.32. The molecule has 0 atom stereocenters. The maximum Gasteiger partial charge on any atom is 0.356 e. The van der Waals surface area contributed by atoms with Crippen molar-refractivity contribution in [3.63, 3.8) is 0 Å². The second-order valence-corrected chi connectivity index (χ2v) is 11.9. The van der Waals surface area contributed by atoms with Crippen molar-refractivity contribution in [1.29, 1.82) is 0 Å². The first-order valence-corrected chi connectivity index (χ1v) is 15.8. The van der Waals surface area contributed by atoms with Crippen LogP contribution in [0.2, 0.25) is 5.02 Å². The number of pyridine rings is 2. The molecule has 3 heterocycles. The maximum atomic E-state index is 15.0. The zero-order valence-corrected chi connectivity index (χ0v) is 25.9. The van der Waals surface area contributed by atoms with Gasteiger partial charge in [-0.3, -0.25) is 9.78 Å². The van der Waals surface area contributed by atoms with Crippen LogP contribution < -0.4 is 10.2 Å². The number of nitrogens with zero attached hydrogens (tertiary/aromatic N) is 3. The molecule has 3 aromatic rings. The Kier molecular flexibility index (Phi) is 11.7. The minimum Gasteiger partial charge on any atom is -0.476 e. The third-order valence-corrected chi connectivity index (χ3v) is 8.62. The van der Waals surface area contributed by atoms with E-state index in [4.69, 9.17) is 16.7 Å². The first-order valence-electron chi connectivity index (χ1n) is 15.4. The van der Waals surface area contributed by atoms with Crippen LogP contribution in [0.15, 0.2) is 48.9 Å². The Labute approximate surface area is 258 Å². The van der Waals surface area contributed by atoms with Gasteiger partial charge in [-0.15, -0.1) is 0 Å². The molecule has 1 fully saturated rings. The number of aromatic carboxylic acids is 1. The molecule has 2 aromatic heterocycles. The fraction of sp³-hybridized carbons (Fsp3) is 0.471. The summed E-state index contributed by atoms with van der Waals surface area (Å²) in [6, 6.07) is 8.57. The number of carboxylic acids is 1. The molecule has 5 rings (SSSR count). The summed E-state index contributed by atoms with van der Waals surface area (Å²) in [6.07, 6.45) is 19.0. The van der Waals surface area contributed by atoms with Gasteiger partial charge in [0, 0.05) is 54.4 Å². The lowest BCUT2D eigenvalue weighted by Gasteiger charge is -2.26. The Morgan fingerprint density at radius 2 is 1.79 bits per heavy atom. The van der Waals surface area contributed by atoms with Crippen LogP contribution in [0.25, 0.3) is 11.1 Å². The molecule has 1 saturated carbocycles. The lowest BCUT2D eigenvalue weighted by molar-refractivity contribution is -0.118. The topological polar surface area (TPSA) is 95.4 Å². The largest absolute Gasteiger partial charge is 0.476 e. The molecule has 1 aliphatic heterocycles. The van der Waals surface area contributed by atoms with Crippen molar-refractivity contribution in [3.8, 4) is 11.1 Å². The van der Waals surface area contributed by atoms with Crippen molar-refractivity contribution >= 4 is 29.2 Å². The number of carbonyl (C=O) groups is 2. The van der Waals surface area contributed by atoms with Crippen LogP contribution >= 0.6 is 11.6 Å². The van der Waals surface area contributed by atoms with Gasteiger partial charge in [0.15, 0.2) is 5.69 Å². The Morgan fingerprint density at radius 3 is 2.44 bits per heavy atom. The van der Waals surface area contributed by atoms with E-state index in [1.165, 1.54) is 69.7 Å². The van der Waals surface area contributed by atoms with E-state index in [2.05, 4.69) is 28.3 Å². The first kappa shape index (κ1) is 32.6. The minimum atomic E-state index is -1.11. The van der Waals surface area contributed by atoms with E-state index in [9.17, 15) is 9.59 Å². The van der Waals surface area contributed by atoms with Gasteiger partial charge in [0.05, 0.1) is 5.02 Å². The van der Waals surface area contributed by atoms with E-state index in [0.717, 1.165) is 36.1 Å². The van der Waals surface area contributed by atoms with Crippen LogP contribution in [0, 0.1) is 5.82 Å². The molecule has 230 valence electrons. The summed E-state index contributed by atoms with van der Waals surface area (Å²) in [5, 5.41) is 12.4. The molecular formula is C34H42ClFN4O3. The average Bonchev–Trinajstić information content (AvgIpc) is 3.80. The number of hydrogen-bond acceptors (Lipinski definition) is 5. The number of benzene rings is 1. The highest BCUT2D eigenvalue weighted by Crippen LogP contribution is 2.46. The number of nitrogens with one attached hydrogen (secondary N) is 1. The Balaban J connectivity index is 0.000000359. The normalized spacial score (nSPS) is 15.0. The molecule has 0 unspecified atom stereocenters. The van der Waals surface area contributed by atoms with E-state index in [-0.39, 0.29) is 28.0 Å². The summed E-state index contributed by atoms with van der Waals surface area (Å²) in [5.41, 5.74) is 4.14. The number of unbranched alkanes of at least 4 members (excludes halogenated alkanes) is 7. The van der Waals surface area contributed by atoms with Crippen molar-refractivity contribution < 1.29 is 19.1 Å². The lowest BCUT2D eigenvalue weighted by Crippen LogP contribution is -2.31. The van der Waals surface area contributed by atoms with E-state index < -0.39 is 5.97 Å². The summed E-state index contributed by atoms with van der Waals surface area (Å²) in [4.78, 5) is 31.8. The molecule has 2 N–H and O–H groups in total. The number of aromatic nitrogens is 2. The number of amides is 1. The number of anilines is 1. The number of carbonyl (C=O) groups excluding carboxylic acids is 1. The summed E-state index contributed by atoms with van der Waals surface area (Å²) in [5.74, 6) is -1.37. The number of carboxylic acid groups (broad SMARTS) is 1. The number of rotatable bonds is 13. The van der Waals surface area contributed by atoms with Crippen molar-refractivity contribution in [1.82, 2.24) is 15.3 Å². The zero-order valence-electron chi connectivity index (χ0n) is 25.2. The lowest BCUT2D eigenvalue weighted by atomic mass is 9.95. The van der Waals surface area contributed by atoms with Gasteiger partial charge >= 0.3 is 5.97 Å². The highest BCUT2D eigenvalue weighted by atomic mass is 35.5. The molecule has 0 spiro atoms. The van der Waals surface area contributed by atoms with Crippen LogP contribution in [0.4, 0.5) is 10.1 Å². The van der Waals surface area contributed by atoms with Crippen LogP contribution in [-0.4, -0.2) is 40.5 Å². The standard InChI is InChI=1S/C28H38FN3O.C6H4ClNO2/c1-3-4-5-6-7-8-9-10-15-31-28(13-14-28)23-16-22(19-30-20-23)24-17-21-11-12-27(33)32(2)26(21)18-25(24)29;7-4-2-1-3-8-5(4)6(9)10/h16-20,31H,3-15H2,1-2H3;1-3H,(H,9,10). The molecule has 7 nitrogen and oxygen atoms in total. The number of halogens is 2. The van der Waals surface area contributed by atoms with Crippen LogP contribution in [0.5, 0.6) is 0 Å². The number of aryl methyl sites for hydroxylation is 1. The molecule has 43 heavy (non-hydrogen) atoms. The van der Waals surface area contributed by atoms with Gasteiger partial charge in [-0.25, -0.2) is 14.2 Å². The van der Waals surface area contributed by atoms with Crippen LogP contribution in [0.1, 0.15) is 99.2 Å². The SMILES string of the molecule is CCCCCCCCCCNC1(c2cncc(-c3cc4c(cc3F)N(C)C(=O)CC4)c2)CC1.O=C(O)c1ncccc1Cl. The highest BCUT2D eigenvalue weighted by Gasteiger charge is 2.44. The predicted molar refractivity (Wildman–Crippen MR) is 169 cm³/mol. The highest BCUT2D eigenvalue weighted by molar-refractivity contribution is 6.33. The summed E-state index contributed by atoms with van der Waals surface area (Å²) < 4.78 is 15.0. The molecule has 1 aliphatic carbocycles. The Morgan fingerprint density at radius 1 is 1.07 bits per heavy atom. The van der Waals surface area contributed by atoms with Gasteiger partial charge < -0.3 is 15.3 Å². The van der Waals surface area contributed by atoms with Gasteiger partial charge in [0.1, 0.15) is 5.82 Å². The Bertz CT molecular complexity index is 1410. The van der Waals surface area contributed by atoms with Crippen molar-refractivity contribution in [3.05, 3.63) is 76.6 Å². The summed E-state index contributed by atoms with van der Waals surface area (Å²) in [7, 11) is 1.72. The van der Waals surface area contributed by atoms with Gasteiger partial charge in [0.25, 0.3) is 0 Å².